The van der Waals surface area contributed by atoms with Crippen LogP contribution in [0.3, 0.4) is 0 Å². The van der Waals surface area contributed by atoms with Crippen molar-refractivity contribution in [2.24, 2.45) is 5.92 Å². The Morgan fingerprint density at radius 1 is 1.61 bits per heavy atom. The lowest BCUT2D eigenvalue weighted by atomic mass is 10.1. The maximum absolute atomic E-state index is 12.2. The molecule has 1 aliphatic rings. The van der Waals surface area contributed by atoms with E-state index in [0.717, 1.165) is 25.2 Å². The van der Waals surface area contributed by atoms with E-state index in [-0.39, 0.29) is 24.3 Å². The summed E-state index contributed by atoms with van der Waals surface area (Å²) in [6, 6.07) is 0. The van der Waals surface area contributed by atoms with E-state index in [9.17, 15) is 4.79 Å². The highest BCUT2D eigenvalue weighted by Gasteiger charge is 2.28. The normalized spacial score (nSPS) is 19.8. The Kier molecular flexibility index (Phi) is 3.96. The Hall–Kier alpha value is -1.43. The Labute approximate surface area is 106 Å². The highest BCUT2D eigenvalue weighted by atomic mass is 16.3. The maximum atomic E-state index is 12.2. The first-order valence-electron chi connectivity index (χ1n) is 6.44. The SMILES string of the molecule is CC(C)c1nc(C(=O)N2CCC(CCO)C2)n[nH]1. The molecule has 1 amide bonds. The van der Waals surface area contributed by atoms with Crippen LogP contribution in [0.4, 0.5) is 0 Å². The molecule has 0 aromatic carbocycles. The Morgan fingerprint density at radius 2 is 2.39 bits per heavy atom. The van der Waals surface area contributed by atoms with Gasteiger partial charge in [0, 0.05) is 25.6 Å². The van der Waals surface area contributed by atoms with Crippen molar-refractivity contribution in [2.75, 3.05) is 19.7 Å². The smallest absolute Gasteiger partial charge is 0.293 e. The zero-order valence-corrected chi connectivity index (χ0v) is 10.9. The van der Waals surface area contributed by atoms with Crippen LogP contribution in [0.2, 0.25) is 0 Å². The number of hydrogen-bond acceptors (Lipinski definition) is 4. The molecule has 100 valence electrons. The van der Waals surface area contributed by atoms with Gasteiger partial charge in [0.25, 0.3) is 5.91 Å². The number of aromatic amines is 1. The molecule has 0 bridgehead atoms. The molecule has 0 aliphatic carbocycles. The molecular formula is C12H20N4O2. The van der Waals surface area contributed by atoms with E-state index in [4.69, 9.17) is 5.11 Å². The standard InChI is InChI=1S/C12H20N4O2/c1-8(2)10-13-11(15-14-10)12(18)16-5-3-9(7-16)4-6-17/h8-9,17H,3-7H2,1-2H3,(H,13,14,15). The molecule has 1 unspecified atom stereocenters. The predicted octanol–water partition coefficient (Wildman–Crippen LogP) is 0.773. The first kappa shape index (κ1) is 13.0. The molecule has 2 heterocycles. The van der Waals surface area contributed by atoms with Gasteiger partial charge in [-0.05, 0) is 18.8 Å². The van der Waals surface area contributed by atoms with Gasteiger partial charge >= 0.3 is 0 Å². The Bertz CT molecular complexity index is 416. The van der Waals surface area contributed by atoms with Crippen molar-refractivity contribution in [3.8, 4) is 0 Å². The summed E-state index contributed by atoms with van der Waals surface area (Å²) in [6.45, 7) is 5.62. The third-order valence-electron chi connectivity index (χ3n) is 3.35. The van der Waals surface area contributed by atoms with Gasteiger partial charge in [0.15, 0.2) is 0 Å². The van der Waals surface area contributed by atoms with Crippen LogP contribution in [-0.2, 0) is 0 Å². The first-order chi connectivity index (χ1) is 8.61. The molecular weight excluding hydrogens is 232 g/mol. The van der Waals surface area contributed by atoms with Crippen molar-refractivity contribution >= 4 is 5.91 Å². The summed E-state index contributed by atoms with van der Waals surface area (Å²) in [6.07, 6.45) is 1.71. The molecule has 0 saturated carbocycles. The van der Waals surface area contributed by atoms with Gasteiger partial charge in [-0.25, -0.2) is 4.98 Å². The highest BCUT2D eigenvalue weighted by Crippen LogP contribution is 2.20. The largest absolute Gasteiger partial charge is 0.396 e. The summed E-state index contributed by atoms with van der Waals surface area (Å²) in [5, 5.41) is 15.7. The second-order valence-corrected chi connectivity index (χ2v) is 5.12. The van der Waals surface area contributed by atoms with Crippen molar-refractivity contribution in [3.05, 3.63) is 11.6 Å². The number of nitrogens with zero attached hydrogens (tertiary/aromatic N) is 3. The van der Waals surface area contributed by atoms with E-state index in [1.165, 1.54) is 0 Å². The molecule has 2 N–H and O–H groups in total. The van der Waals surface area contributed by atoms with Crippen molar-refractivity contribution < 1.29 is 9.90 Å². The average molecular weight is 252 g/mol. The topological polar surface area (TPSA) is 82.1 Å². The summed E-state index contributed by atoms with van der Waals surface area (Å²) >= 11 is 0. The third-order valence-corrected chi connectivity index (χ3v) is 3.35. The van der Waals surface area contributed by atoms with Crippen LogP contribution < -0.4 is 0 Å². The van der Waals surface area contributed by atoms with E-state index in [1.807, 2.05) is 13.8 Å². The van der Waals surface area contributed by atoms with Crippen molar-refractivity contribution in [1.82, 2.24) is 20.1 Å². The van der Waals surface area contributed by atoms with Crippen LogP contribution >= 0.6 is 0 Å². The van der Waals surface area contributed by atoms with Crippen LogP contribution in [0.1, 0.15) is 49.1 Å². The number of carbonyl (C=O) groups is 1. The van der Waals surface area contributed by atoms with Gasteiger partial charge in [-0.3, -0.25) is 9.89 Å². The van der Waals surface area contributed by atoms with Crippen LogP contribution in [-0.4, -0.2) is 50.8 Å². The van der Waals surface area contributed by atoms with Gasteiger partial charge in [0.2, 0.25) is 5.82 Å². The van der Waals surface area contributed by atoms with Crippen molar-refractivity contribution in [1.29, 1.82) is 0 Å². The number of rotatable bonds is 4. The summed E-state index contributed by atoms with van der Waals surface area (Å²) in [5.74, 6) is 1.52. The number of aliphatic hydroxyl groups is 1. The Morgan fingerprint density at radius 3 is 3.00 bits per heavy atom. The van der Waals surface area contributed by atoms with Crippen LogP contribution in [0.15, 0.2) is 0 Å². The quantitative estimate of drug-likeness (QED) is 0.829. The highest BCUT2D eigenvalue weighted by molar-refractivity contribution is 5.90. The maximum Gasteiger partial charge on any atom is 0.293 e. The molecule has 1 fully saturated rings. The molecule has 6 heteroatoms. The fraction of sp³-hybridized carbons (Fsp3) is 0.750. The van der Waals surface area contributed by atoms with Gasteiger partial charge in [0.1, 0.15) is 5.82 Å². The van der Waals surface area contributed by atoms with Gasteiger partial charge in [-0.1, -0.05) is 13.8 Å². The fourth-order valence-corrected chi connectivity index (χ4v) is 2.20. The molecule has 1 aliphatic heterocycles. The second kappa shape index (κ2) is 5.48. The lowest BCUT2D eigenvalue weighted by Crippen LogP contribution is -2.29. The number of nitrogens with one attached hydrogen (secondary N) is 1. The number of H-pyrrole nitrogens is 1. The molecule has 1 aromatic rings. The number of carbonyl (C=O) groups excluding carboxylic acids is 1. The minimum atomic E-state index is -0.112. The molecule has 1 saturated heterocycles. The van der Waals surface area contributed by atoms with E-state index in [2.05, 4.69) is 15.2 Å². The minimum absolute atomic E-state index is 0.112. The minimum Gasteiger partial charge on any atom is -0.396 e. The van der Waals surface area contributed by atoms with Crippen LogP contribution in [0, 0.1) is 5.92 Å². The molecule has 6 nitrogen and oxygen atoms in total. The van der Waals surface area contributed by atoms with Crippen LogP contribution in [0.25, 0.3) is 0 Å². The summed E-state index contributed by atoms with van der Waals surface area (Å²) < 4.78 is 0. The van der Waals surface area contributed by atoms with Gasteiger partial charge in [0.05, 0.1) is 0 Å². The molecule has 1 aromatic heterocycles. The first-order valence-corrected chi connectivity index (χ1v) is 6.44. The summed E-state index contributed by atoms with van der Waals surface area (Å²) in [5.41, 5.74) is 0. The number of likely N-dealkylation sites (tertiary alicyclic amines) is 1. The van der Waals surface area contributed by atoms with E-state index >= 15 is 0 Å². The zero-order chi connectivity index (χ0) is 13.1. The van der Waals surface area contributed by atoms with E-state index in [1.54, 1.807) is 4.90 Å². The van der Waals surface area contributed by atoms with Gasteiger partial charge in [-0.2, -0.15) is 0 Å². The summed E-state index contributed by atoms with van der Waals surface area (Å²) in [4.78, 5) is 18.1. The van der Waals surface area contributed by atoms with Crippen molar-refractivity contribution in [3.63, 3.8) is 0 Å². The molecule has 0 radical (unpaired) electrons. The second-order valence-electron chi connectivity index (χ2n) is 5.12. The lowest BCUT2D eigenvalue weighted by Gasteiger charge is -2.13. The molecule has 2 rings (SSSR count). The average Bonchev–Trinajstić information content (AvgIpc) is 2.97. The van der Waals surface area contributed by atoms with Crippen molar-refractivity contribution in [2.45, 2.75) is 32.6 Å². The van der Waals surface area contributed by atoms with Gasteiger partial charge in [-0.15, -0.1) is 5.10 Å². The molecule has 0 spiro atoms. The Balaban J connectivity index is 1.99. The summed E-state index contributed by atoms with van der Waals surface area (Å²) in [7, 11) is 0. The van der Waals surface area contributed by atoms with E-state index < -0.39 is 0 Å². The number of amides is 1. The predicted molar refractivity (Wildman–Crippen MR) is 66.2 cm³/mol. The number of aliphatic hydroxyl groups excluding tert-OH is 1. The lowest BCUT2D eigenvalue weighted by molar-refractivity contribution is 0.0773. The van der Waals surface area contributed by atoms with Gasteiger partial charge < -0.3 is 10.0 Å². The zero-order valence-electron chi connectivity index (χ0n) is 10.9. The molecule has 18 heavy (non-hydrogen) atoms. The number of aromatic nitrogens is 3. The fourth-order valence-electron chi connectivity index (χ4n) is 2.20. The van der Waals surface area contributed by atoms with Crippen LogP contribution in [0.5, 0.6) is 0 Å². The van der Waals surface area contributed by atoms with E-state index in [0.29, 0.717) is 12.5 Å². The third kappa shape index (κ3) is 2.69. The monoisotopic (exact) mass is 252 g/mol. The molecule has 1 atom stereocenters. The number of hydrogen-bond donors (Lipinski definition) is 2.